The third-order valence-electron chi connectivity index (χ3n) is 2.59. The van der Waals surface area contributed by atoms with Crippen LogP contribution in [-0.2, 0) is 10.0 Å². The van der Waals surface area contributed by atoms with Gasteiger partial charge in [-0.2, -0.15) is 0 Å². The highest BCUT2D eigenvalue weighted by Crippen LogP contribution is 2.31. The van der Waals surface area contributed by atoms with E-state index in [1.165, 1.54) is 19.1 Å². The van der Waals surface area contributed by atoms with Crippen molar-refractivity contribution >= 4 is 33.2 Å². The summed E-state index contributed by atoms with van der Waals surface area (Å²) in [7, 11) is -4.05. The van der Waals surface area contributed by atoms with Crippen molar-refractivity contribution in [2.75, 3.05) is 4.72 Å². The molecule has 0 saturated carbocycles. The van der Waals surface area contributed by atoms with Gasteiger partial charge in [0.25, 0.3) is 15.7 Å². The van der Waals surface area contributed by atoms with Crippen LogP contribution in [0.5, 0.6) is 0 Å². The van der Waals surface area contributed by atoms with E-state index in [1.807, 2.05) is 0 Å². The van der Waals surface area contributed by atoms with Gasteiger partial charge in [-0.05, 0) is 25.5 Å². The Balaban J connectivity index is 2.49. The molecule has 1 aromatic heterocycles. The summed E-state index contributed by atoms with van der Waals surface area (Å²) in [5, 5.41) is 14.3. The molecule has 0 fully saturated rings. The molecule has 1 heterocycles. The lowest BCUT2D eigenvalue weighted by Crippen LogP contribution is -2.14. The fourth-order valence-corrected chi connectivity index (χ4v) is 3.18. The van der Waals surface area contributed by atoms with Crippen molar-refractivity contribution in [3.8, 4) is 0 Å². The third-order valence-corrected chi connectivity index (χ3v) is 4.39. The summed E-state index contributed by atoms with van der Waals surface area (Å²) in [6.45, 7) is 3.11. The molecule has 10 heteroatoms. The van der Waals surface area contributed by atoms with E-state index in [2.05, 4.69) is 9.88 Å². The number of nitrogens with one attached hydrogen (secondary N) is 1. The SMILES string of the molecule is Cc1cc(NS(=O)(=O)c2cc([N+](=O)[O-])c(Cl)cc2C)on1. The van der Waals surface area contributed by atoms with E-state index >= 15 is 0 Å². The van der Waals surface area contributed by atoms with Crippen molar-refractivity contribution in [3.05, 3.63) is 44.6 Å². The van der Waals surface area contributed by atoms with Crippen molar-refractivity contribution in [1.82, 2.24) is 5.16 Å². The molecule has 0 aliphatic rings. The Morgan fingerprint density at radius 2 is 2.00 bits per heavy atom. The van der Waals surface area contributed by atoms with Crippen LogP contribution in [0.4, 0.5) is 11.6 Å². The first-order valence-electron chi connectivity index (χ1n) is 5.61. The Bertz CT molecular complexity index is 815. The zero-order chi connectivity index (χ0) is 15.8. The lowest BCUT2D eigenvalue weighted by molar-refractivity contribution is -0.384. The molecule has 8 nitrogen and oxygen atoms in total. The zero-order valence-corrected chi connectivity index (χ0v) is 12.5. The number of nitrogens with zero attached hydrogens (tertiary/aromatic N) is 2. The van der Waals surface area contributed by atoms with Crippen molar-refractivity contribution in [3.63, 3.8) is 0 Å². The van der Waals surface area contributed by atoms with Crippen molar-refractivity contribution < 1.29 is 17.9 Å². The van der Waals surface area contributed by atoms with E-state index in [0.29, 0.717) is 5.69 Å². The normalized spacial score (nSPS) is 11.4. The number of sulfonamides is 1. The molecule has 0 spiro atoms. The first kappa shape index (κ1) is 15.3. The van der Waals surface area contributed by atoms with Gasteiger partial charge in [0.15, 0.2) is 0 Å². The first-order chi connectivity index (χ1) is 9.70. The first-order valence-corrected chi connectivity index (χ1v) is 7.47. The molecule has 0 saturated heterocycles. The number of aryl methyl sites for hydroxylation is 2. The summed E-state index contributed by atoms with van der Waals surface area (Å²) in [6, 6.07) is 3.51. The van der Waals surface area contributed by atoms with Gasteiger partial charge in [-0.3, -0.25) is 10.1 Å². The molecular weight excluding hydrogens is 322 g/mol. The van der Waals surface area contributed by atoms with Crippen molar-refractivity contribution in [1.29, 1.82) is 0 Å². The van der Waals surface area contributed by atoms with Gasteiger partial charge in [-0.25, -0.2) is 13.1 Å². The van der Waals surface area contributed by atoms with E-state index in [4.69, 9.17) is 16.1 Å². The minimum Gasteiger partial charge on any atom is -0.338 e. The average Bonchev–Trinajstić information content (AvgIpc) is 2.72. The molecule has 112 valence electrons. The Morgan fingerprint density at radius 3 is 2.52 bits per heavy atom. The highest BCUT2D eigenvalue weighted by atomic mass is 35.5. The van der Waals surface area contributed by atoms with Crippen molar-refractivity contribution in [2.45, 2.75) is 18.7 Å². The van der Waals surface area contributed by atoms with Crippen LogP contribution in [0.25, 0.3) is 0 Å². The Hall–Kier alpha value is -2.13. The zero-order valence-electron chi connectivity index (χ0n) is 11.0. The molecule has 0 bridgehead atoms. The molecule has 21 heavy (non-hydrogen) atoms. The lowest BCUT2D eigenvalue weighted by atomic mass is 10.2. The molecule has 1 N–H and O–H groups in total. The fourth-order valence-electron chi connectivity index (χ4n) is 1.67. The van der Waals surface area contributed by atoms with Crippen LogP contribution in [0, 0.1) is 24.0 Å². The van der Waals surface area contributed by atoms with E-state index < -0.39 is 20.6 Å². The summed E-state index contributed by atoms with van der Waals surface area (Å²) >= 11 is 5.72. The number of rotatable bonds is 4. The van der Waals surface area contributed by atoms with Crippen LogP contribution in [0.1, 0.15) is 11.3 Å². The minimum absolute atomic E-state index is 0.0792. The van der Waals surface area contributed by atoms with E-state index in [9.17, 15) is 18.5 Å². The standard InChI is InChI=1S/C11H10ClN3O5S/c1-6-3-8(12)9(15(16)17)5-10(6)21(18,19)14-11-4-7(2)13-20-11/h3-5,14H,1-2H3. The van der Waals surface area contributed by atoms with Gasteiger partial charge in [0, 0.05) is 12.1 Å². The number of nitro benzene ring substituents is 1. The third kappa shape index (κ3) is 3.14. The Kier molecular flexibility index (Phi) is 3.88. The maximum Gasteiger partial charge on any atom is 0.289 e. The van der Waals surface area contributed by atoms with Gasteiger partial charge in [-0.1, -0.05) is 16.8 Å². The van der Waals surface area contributed by atoms with Gasteiger partial charge in [0.1, 0.15) is 5.02 Å². The molecule has 0 amide bonds. The number of benzene rings is 1. The van der Waals surface area contributed by atoms with Crippen LogP contribution in [0.2, 0.25) is 5.02 Å². The Morgan fingerprint density at radius 1 is 1.33 bits per heavy atom. The van der Waals surface area contributed by atoms with Crippen LogP contribution >= 0.6 is 11.6 Å². The molecule has 0 aliphatic heterocycles. The molecular formula is C11H10ClN3O5S. The van der Waals surface area contributed by atoms with E-state index in [0.717, 1.165) is 6.07 Å². The second-order valence-electron chi connectivity index (χ2n) is 4.26. The maximum absolute atomic E-state index is 12.3. The second kappa shape index (κ2) is 5.34. The summed E-state index contributed by atoms with van der Waals surface area (Å²) in [5.41, 5.74) is 0.275. The summed E-state index contributed by atoms with van der Waals surface area (Å²) in [6.07, 6.45) is 0. The van der Waals surface area contributed by atoms with Gasteiger partial charge >= 0.3 is 0 Å². The maximum atomic E-state index is 12.3. The number of hydrogen-bond acceptors (Lipinski definition) is 6. The molecule has 0 aliphatic carbocycles. The Labute approximate surface area is 124 Å². The van der Waals surface area contributed by atoms with Gasteiger partial charge < -0.3 is 4.52 Å². The summed E-state index contributed by atoms with van der Waals surface area (Å²) in [4.78, 5) is 9.84. The topological polar surface area (TPSA) is 115 Å². The summed E-state index contributed by atoms with van der Waals surface area (Å²) in [5.74, 6) is -0.0792. The van der Waals surface area contributed by atoms with E-state index in [1.54, 1.807) is 6.92 Å². The molecule has 2 rings (SSSR count). The van der Waals surface area contributed by atoms with Gasteiger partial charge in [0.2, 0.25) is 5.88 Å². The molecule has 0 radical (unpaired) electrons. The minimum atomic E-state index is -4.05. The second-order valence-corrected chi connectivity index (χ2v) is 6.32. The molecule has 2 aromatic rings. The highest BCUT2D eigenvalue weighted by Gasteiger charge is 2.24. The van der Waals surface area contributed by atoms with Crippen LogP contribution < -0.4 is 4.72 Å². The van der Waals surface area contributed by atoms with Gasteiger partial charge in [-0.15, -0.1) is 0 Å². The predicted octanol–water partition coefficient (Wildman–Crippen LogP) is 2.65. The number of nitro groups is 1. The number of hydrogen-bond donors (Lipinski definition) is 1. The number of halogens is 1. The number of aromatic nitrogens is 1. The molecule has 1 aromatic carbocycles. The largest absolute Gasteiger partial charge is 0.338 e. The summed E-state index contributed by atoms with van der Waals surface area (Å²) < 4.78 is 31.4. The van der Waals surface area contributed by atoms with Crippen LogP contribution in [0.3, 0.4) is 0 Å². The lowest BCUT2D eigenvalue weighted by Gasteiger charge is -2.08. The number of anilines is 1. The average molecular weight is 332 g/mol. The van der Waals surface area contributed by atoms with E-state index in [-0.39, 0.29) is 21.4 Å². The van der Waals surface area contributed by atoms with Crippen LogP contribution in [-0.4, -0.2) is 18.5 Å². The molecule has 0 atom stereocenters. The van der Waals surface area contributed by atoms with Crippen LogP contribution in [0.15, 0.2) is 27.6 Å². The predicted molar refractivity (Wildman–Crippen MR) is 74.9 cm³/mol. The quantitative estimate of drug-likeness (QED) is 0.680. The van der Waals surface area contributed by atoms with Crippen molar-refractivity contribution in [2.24, 2.45) is 0 Å². The fraction of sp³-hybridized carbons (Fsp3) is 0.182. The molecule has 0 unspecified atom stereocenters. The van der Waals surface area contributed by atoms with Gasteiger partial charge in [0.05, 0.1) is 15.5 Å². The smallest absolute Gasteiger partial charge is 0.289 e. The highest BCUT2D eigenvalue weighted by molar-refractivity contribution is 7.92. The monoisotopic (exact) mass is 331 g/mol.